The average Bonchev–Trinajstić information content (AvgIpc) is 3.44. The van der Waals surface area contributed by atoms with Crippen molar-refractivity contribution in [3.05, 3.63) is 90.5 Å². The minimum Gasteiger partial charge on any atom is -0.457 e. The van der Waals surface area contributed by atoms with E-state index in [1.807, 2.05) is 65.3 Å². The van der Waals surface area contributed by atoms with Gasteiger partial charge < -0.3 is 10.5 Å². The minimum atomic E-state index is -0.601. The summed E-state index contributed by atoms with van der Waals surface area (Å²) in [5.74, 6) is 1.02. The number of imide groups is 1. The number of fused-ring (bicyclic) bond motifs is 1. The standard InChI is InChI=1S/C33H31FN8O3/c34-26-18-21(6-11-27(26)41-17-14-28(43)38-33(41)44)19-40-15-12-23(13-16-40)42-32-29(31(35)36-20-37-32)30(39-42)22-7-9-25(10-8-22)45-24-4-2-1-3-5-24/h1-11,18,20,23H,12-17,19H2,(H2,35,36,37)(H,38,43,44). The Morgan fingerprint density at radius 1 is 0.933 bits per heavy atom. The van der Waals surface area contributed by atoms with E-state index in [9.17, 15) is 9.59 Å². The third-order valence-corrected chi connectivity index (χ3v) is 8.29. The number of halogens is 1. The van der Waals surface area contributed by atoms with Gasteiger partial charge in [0.2, 0.25) is 5.91 Å². The van der Waals surface area contributed by atoms with Crippen molar-refractivity contribution in [3.63, 3.8) is 0 Å². The Bertz CT molecular complexity index is 1870. The highest BCUT2D eigenvalue weighted by Gasteiger charge is 2.28. The highest BCUT2D eigenvalue weighted by Crippen LogP contribution is 2.35. The maximum Gasteiger partial charge on any atom is 0.328 e. The first kappa shape index (κ1) is 28.4. The summed E-state index contributed by atoms with van der Waals surface area (Å²) >= 11 is 0. The fourth-order valence-corrected chi connectivity index (χ4v) is 6.00. The van der Waals surface area contributed by atoms with Crippen LogP contribution in [-0.2, 0) is 11.3 Å². The van der Waals surface area contributed by atoms with Gasteiger partial charge in [-0.1, -0.05) is 24.3 Å². The summed E-state index contributed by atoms with van der Waals surface area (Å²) in [7, 11) is 0. The number of aromatic nitrogens is 4. The molecule has 12 heteroatoms. The van der Waals surface area contributed by atoms with E-state index in [2.05, 4.69) is 20.2 Å². The number of nitrogens with two attached hydrogens (primary N) is 1. The largest absolute Gasteiger partial charge is 0.457 e. The lowest BCUT2D eigenvalue weighted by molar-refractivity contribution is -0.120. The van der Waals surface area contributed by atoms with Crippen molar-refractivity contribution < 1.29 is 18.7 Å². The molecule has 0 spiro atoms. The van der Waals surface area contributed by atoms with E-state index in [1.165, 1.54) is 17.3 Å². The van der Waals surface area contributed by atoms with Gasteiger partial charge in [-0.3, -0.25) is 19.9 Å². The lowest BCUT2D eigenvalue weighted by Gasteiger charge is -2.32. The molecule has 2 fully saturated rings. The van der Waals surface area contributed by atoms with Crippen LogP contribution < -0.4 is 20.7 Å². The zero-order chi connectivity index (χ0) is 30.9. The van der Waals surface area contributed by atoms with Gasteiger partial charge in [0.25, 0.3) is 0 Å². The molecule has 3 N–H and O–H groups in total. The van der Waals surface area contributed by atoms with Crippen molar-refractivity contribution in [2.24, 2.45) is 0 Å². The molecule has 0 atom stereocenters. The number of carbonyl (C=O) groups is 2. The van der Waals surface area contributed by atoms with Crippen LogP contribution in [0, 0.1) is 5.82 Å². The number of likely N-dealkylation sites (tertiary alicyclic amines) is 1. The number of carbonyl (C=O) groups excluding carboxylic acids is 2. The lowest BCUT2D eigenvalue weighted by atomic mass is 10.0. The van der Waals surface area contributed by atoms with Gasteiger partial charge >= 0.3 is 6.03 Å². The first-order chi connectivity index (χ1) is 21.9. The van der Waals surface area contributed by atoms with Gasteiger partial charge in [-0.05, 0) is 66.9 Å². The Hall–Kier alpha value is -5.36. The number of nitrogens with one attached hydrogen (secondary N) is 1. The van der Waals surface area contributed by atoms with Gasteiger partial charge in [0.15, 0.2) is 5.65 Å². The zero-order valence-electron chi connectivity index (χ0n) is 24.4. The van der Waals surface area contributed by atoms with Crippen molar-refractivity contribution in [3.8, 4) is 22.8 Å². The van der Waals surface area contributed by atoms with E-state index in [0.717, 1.165) is 53.9 Å². The van der Waals surface area contributed by atoms with Gasteiger partial charge in [0, 0.05) is 38.2 Å². The molecule has 45 heavy (non-hydrogen) atoms. The highest BCUT2D eigenvalue weighted by molar-refractivity contribution is 6.05. The van der Waals surface area contributed by atoms with E-state index < -0.39 is 11.8 Å². The number of rotatable bonds is 7. The summed E-state index contributed by atoms with van der Waals surface area (Å²) in [4.78, 5) is 36.0. The molecule has 4 heterocycles. The Kier molecular flexibility index (Phi) is 7.55. The van der Waals surface area contributed by atoms with E-state index in [0.29, 0.717) is 23.8 Å². The average molecular weight is 607 g/mol. The molecule has 0 bridgehead atoms. The molecule has 2 aromatic heterocycles. The third-order valence-electron chi connectivity index (χ3n) is 8.29. The molecule has 0 unspecified atom stereocenters. The zero-order valence-corrected chi connectivity index (χ0v) is 24.4. The third kappa shape index (κ3) is 5.79. The van der Waals surface area contributed by atoms with Crippen LogP contribution in [0.5, 0.6) is 11.5 Å². The van der Waals surface area contributed by atoms with Crippen LogP contribution in [-0.4, -0.2) is 56.2 Å². The molecule has 11 nitrogen and oxygen atoms in total. The molecule has 5 aromatic rings. The number of hydrogen-bond donors (Lipinski definition) is 2. The summed E-state index contributed by atoms with van der Waals surface area (Å²) in [5, 5.41) is 7.97. The molecule has 3 amide bonds. The summed E-state index contributed by atoms with van der Waals surface area (Å²) < 4.78 is 22.9. The van der Waals surface area contributed by atoms with Crippen LogP contribution in [0.3, 0.4) is 0 Å². The summed E-state index contributed by atoms with van der Waals surface area (Å²) in [6.45, 7) is 2.30. The van der Waals surface area contributed by atoms with Crippen LogP contribution in [0.25, 0.3) is 22.3 Å². The predicted octanol–water partition coefficient (Wildman–Crippen LogP) is 5.29. The number of ether oxygens (including phenoxy) is 1. The van der Waals surface area contributed by atoms with Crippen molar-refractivity contribution in [2.75, 3.05) is 30.3 Å². The maximum atomic E-state index is 15.0. The molecule has 3 aromatic carbocycles. The normalized spacial score (nSPS) is 16.2. The monoisotopic (exact) mass is 606 g/mol. The number of urea groups is 1. The van der Waals surface area contributed by atoms with Crippen molar-refractivity contribution in [1.82, 2.24) is 30.0 Å². The molecule has 2 saturated heterocycles. The van der Waals surface area contributed by atoms with E-state index >= 15 is 4.39 Å². The first-order valence-electron chi connectivity index (χ1n) is 14.9. The van der Waals surface area contributed by atoms with E-state index in [1.54, 1.807) is 6.07 Å². The SMILES string of the molecule is Nc1ncnc2c1c(-c1ccc(Oc3ccccc3)cc1)nn2C1CCN(Cc2ccc(N3CCC(=O)NC3=O)c(F)c2)CC1. The highest BCUT2D eigenvalue weighted by atomic mass is 19.1. The van der Waals surface area contributed by atoms with Gasteiger partial charge in [-0.15, -0.1) is 0 Å². The van der Waals surface area contributed by atoms with Crippen LogP contribution >= 0.6 is 0 Å². The second-order valence-corrected chi connectivity index (χ2v) is 11.2. The number of anilines is 2. The molecule has 0 aliphatic carbocycles. The first-order valence-corrected chi connectivity index (χ1v) is 14.9. The van der Waals surface area contributed by atoms with Gasteiger partial charge in [-0.25, -0.2) is 23.8 Å². The Morgan fingerprint density at radius 2 is 1.69 bits per heavy atom. The molecule has 2 aliphatic rings. The maximum absolute atomic E-state index is 15.0. The summed E-state index contributed by atoms with van der Waals surface area (Å²) in [6, 6.07) is 21.7. The quantitative estimate of drug-likeness (QED) is 0.256. The molecule has 0 radical (unpaired) electrons. The number of nitrogen functional groups attached to an aromatic ring is 1. The molecule has 228 valence electrons. The number of para-hydroxylation sites is 1. The molecular formula is C33H31FN8O3. The van der Waals surface area contributed by atoms with Crippen LogP contribution in [0.1, 0.15) is 30.9 Å². The van der Waals surface area contributed by atoms with Gasteiger partial charge in [0.1, 0.15) is 35.2 Å². The summed E-state index contributed by atoms with van der Waals surface area (Å²) in [6.07, 6.45) is 3.26. The second-order valence-electron chi connectivity index (χ2n) is 11.2. The number of nitrogens with zero attached hydrogens (tertiary/aromatic N) is 6. The summed E-state index contributed by atoms with van der Waals surface area (Å²) in [5.41, 5.74) is 9.64. The lowest BCUT2D eigenvalue weighted by Crippen LogP contribution is -2.49. The van der Waals surface area contributed by atoms with Crippen molar-refractivity contribution in [1.29, 1.82) is 0 Å². The van der Waals surface area contributed by atoms with E-state index in [4.69, 9.17) is 15.6 Å². The van der Waals surface area contributed by atoms with E-state index in [-0.39, 0.29) is 30.6 Å². The van der Waals surface area contributed by atoms with Crippen molar-refractivity contribution in [2.45, 2.75) is 31.8 Å². The van der Waals surface area contributed by atoms with Crippen LogP contribution in [0.4, 0.5) is 20.7 Å². The number of hydrogen-bond acceptors (Lipinski definition) is 8. The van der Waals surface area contributed by atoms with Gasteiger partial charge in [0.05, 0.1) is 17.1 Å². The molecule has 2 aliphatic heterocycles. The Labute approximate surface area is 258 Å². The molecular weight excluding hydrogens is 575 g/mol. The number of benzene rings is 3. The molecule has 0 saturated carbocycles. The fourth-order valence-electron chi connectivity index (χ4n) is 6.00. The van der Waals surface area contributed by atoms with Crippen LogP contribution in [0.15, 0.2) is 79.1 Å². The fraction of sp³-hybridized carbons (Fsp3) is 0.242. The number of amides is 3. The predicted molar refractivity (Wildman–Crippen MR) is 167 cm³/mol. The number of piperidine rings is 1. The van der Waals surface area contributed by atoms with Gasteiger partial charge in [-0.2, -0.15) is 5.10 Å². The topological polar surface area (TPSA) is 131 Å². The Morgan fingerprint density at radius 3 is 2.42 bits per heavy atom. The second kappa shape index (κ2) is 12.0. The van der Waals surface area contributed by atoms with Crippen LogP contribution in [0.2, 0.25) is 0 Å². The smallest absolute Gasteiger partial charge is 0.328 e. The van der Waals surface area contributed by atoms with Crippen molar-refractivity contribution >= 4 is 34.5 Å². The minimum absolute atomic E-state index is 0.104. The molecule has 7 rings (SSSR count). The Balaban J connectivity index is 1.05.